The van der Waals surface area contributed by atoms with Crippen LogP contribution in [-0.2, 0) is 9.53 Å². The van der Waals surface area contributed by atoms with E-state index < -0.39 is 23.6 Å². The van der Waals surface area contributed by atoms with Crippen molar-refractivity contribution in [2.24, 2.45) is 5.73 Å². The van der Waals surface area contributed by atoms with Gasteiger partial charge in [-0.2, -0.15) is 13.2 Å². The highest BCUT2D eigenvalue weighted by Gasteiger charge is 2.54. The number of hydrogen-bond donors (Lipinski definition) is 2. The zero-order chi connectivity index (χ0) is 15.6. The summed E-state index contributed by atoms with van der Waals surface area (Å²) in [7, 11) is 1.11. The summed E-state index contributed by atoms with van der Waals surface area (Å²) in [6.07, 6.45) is -4.92. The molecule has 5 nitrogen and oxygen atoms in total. The second-order valence-corrected chi connectivity index (χ2v) is 4.19. The van der Waals surface area contributed by atoms with E-state index in [1.807, 2.05) is 5.32 Å². The lowest BCUT2D eigenvalue weighted by Gasteiger charge is -2.26. The van der Waals surface area contributed by atoms with Crippen LogP contribution < -0.4 is 11.1 Å². The standard InChI is InChI=1S/C12H13F3N2O3/c1-11(16,12(13,14)15)10(19)17-8-6-4-3-5-7(8)9(18)20-2/h3-6H,16H2,1-2H3,(H,17,19). The molecular formula is C12H13F3N2O3. The Morgan fingerprint density at radius 2 is 1.80 bits per heavy atom. The third-order valence-corrected chi connectivity index (χ3v) is 2.64. The van der Waals surface area contributed by atoms with Gasteiger partial charge in [-0.15, -0.1) is 0 Å². The molecule has 0 aromatic heterocycles. The molecule has 0 spiro atoms. The van der Waals surface area contributed by atoms with Crippen LogP contribution >= 0.6 is 0 Å². The first-order valence-electron chi connectivity index (χ1n) is 5.45. The van der Waals surface area contributed by atoms with Crippen molar-refractivity contribution in [3.63, 3.8) is 0 Å². The minimum atomic E-state index is -4.92. The van der Waals surface area contributed by atoms with Crippen molar-refractivity contribution in [2.45, 2.75) is 18.6 Å². The summed E-state index contributed by atoms with van der Waals surface area (Å²) in [5.41, 5.74) is 1.74. The Morgan fingerprint density at radius 1 is 1.25 bits per heavy atom. The summed E-state index contributed by atoms with van der Waals surface area (Å²) in [5, 5.41) is 1.99. The van der Waals surface area contributed by atoms with Crippen LogP contribution in [0.5, 0.6) is 0 Å². The first-order valence-corrected chi connectivity index (χ1v) is 5.45. The van der Waals surface area contributed by atoms with Gasteiger partial charge in [-0.1, -0.05) is 12.1 Å². The molecule has 1 amide bonds. The van der Waals surface area contributed by atoms with Gasteiger partial charge >= 0.3 is 12.1 Å². The molecule has 1 unspecified atom stereocenters. The maximum atomic E-state index is 12.6. The Kier molecular flexibility index (Phi) is 4.39. The van der Waals surface area contributed by atoms with Crippen LogP contribution in [0, 0.1) is 0 Å². The van der Waals surface area contributed by atoms with Gasteiger partial charge in [-0.3, -0.25) is 4.79 Å². The van der Waals surface area contributed by atoms with Gasteiger partial charge in [0.25, 0.3) is 5.91 Å². The maximum Gasteiger partial charge on any atom is 0.415 e. The number of nitrogens with two attached hydrogens (primary N) is 1. The van der Waals surface area contributed by atoms with Gasteiger partial charge in [-0.25, -0.2) is 4.79 Å². The van der Waals surface area contributed by atoms with Crippen LogP contribution in [0.3, 0.4) is 0 Å². The lowest BCUT2D eigenvalue weighted by molar-refractivity contribution is -0.184. The Balaban J connectivity index is 3.06. The number of halogens is 3. The monoisotopic (exact) mass is 290 g/mol. The topological polar surface area (TPSA) is 81.4 Å². The molecular weight excluding hydrogens is 277 g/mol. The van der Waals surface area contributed by atoms with Crippen molar-refractivity contribution in [2.75, 3.05) is 12.4 Å². The lowest BCUT2D eigenvalue weighted by atomic mass is 10.0. The highest BCUT2D eigenvalue weighted by molar-refractivity contribution is 6.04. The van der Waals surface area contributed by atoms with Crippen molar-refractivity contribution in [3.05, 3.63) is 29.8 Å². The summed E-state index contributed by atoms with van der Waals surface area (Å²) < 4.78 is 42.4. The Hall–Kier alpha value is -2.09. The van der Waals surface area contributed by atoms with Gasteiger partial charge < -0.3 is 15.8 Å². The second kappa shape index (κ2) is 5.49. The van der Waals surface area contributed by atoms with Gasteiger partial charge in [0.2, 0.25) is 0 Å². The molecule has 0 fully saturated rings. The molecule has 0 aliphatic carbocycles. The van der Waals surface area contributed by atoms with E-state index in [0.29, 0.717) is 6.92 Å². The fourth-order valence-corrected chi connectivity index (χ4v) is 1.26. The number of para-hydroxylation sites is 1. The molecule has 0 aliphatic heterocycles. The van der Waals surface area contributed by atoms with E-state index in [9.17, 15) is 22.8 Å². The molecule has 0 saturated carbocycles. The molecule has 20 heavy (non-hydrogen) atoms. The largest absolute Gasteiger partial charge is 0.465 e. The molecule has 1 aromatic rings. The Labute approximate surface area is 112 Å². The van der Waals surface area contributed by atoms with E-state index in [4.69, 9.17) is 5.73 Å². The molecule has 110 valence electrons. The number of benzene rings is 1. The van der Waals surface area contributed by atoms with Gasteiger partial charge in [0, 0.05) is 0 Å². The van der Waals surface area contributed by atoms with Crippen molar-refractivity contribution >= 4 is 17.6 Å². The number of carbonyl (C=O) groups is 2. The van der Waals surface area contributed by atoms with Gasteiger partial charge in [0.1, 0.15) is 0 Å². The minimum Gasteiger partial charge on any atom is -0.465 e. The van der Waals surface area contributed by atoms with E-state index in [2.05, 4.69) is 4.74 Å². The van der Waals surface area contributed by atoms with Gasteiger partial charge in [0.05, 0.1) is 18.4 Å². The number of hydrogen-bond acceptors (Lipinski definition) is 4. The third kappa shape index (κ3) is 3.08. The highest BCUT2D eigenvalue weighted by Crippen LogP contribution is 2.29. The summed E-state index contributed by atoms with van der Waals surface area (Å²) in [6, 6.07) is 5.51. The molecule has 0 radical (unpaired) electrons. The number of methoxy groups -OCH3 is 1. The van der Waals surface area contributed by atoms with E-state index in [-0.39, 0.29) is 11.3 Å². The van der Waals surface area contributed by atoms with Crippen LogP contribution in [-0.4, -0.2) is 30.7 Å². The molecule has 0 saturated heterocycles. The van der Waals surface area contributed by atoms with Crippen LogP contribution in [0.4, 0.5) is 18.9 Å². The minimum absolute atomic E-state index is 0.0682. The van der Waals surface area contributed by atoms with Crippen molar-refractivity contribution in [3.8, 4) is 0 Å². The second-order valence-electron chi connectivity index (χ2n) is 4.19. The van der Waals surface area contributed by atoms with E-state index >= 15 is 0 Å². The number of esters is 1. The fourth-order valence-electron chi connectivity index (χ4n) is 1.26. The number of amides is 1. The van der Waals surface area contributed by atoms with Gasteiger partial charge in [-0.05, 0) is 19.1 Å². The number of ether oxygens (including phenoxy) is 1. The molecule has 0 heterocycles. The molecule has 1 rings (SSSR count). The first-order chi connectivity index (χ1) is 9.11. The lowest BCUT2D eigenvalue weighted by Crippen LogP contribution is -2.59. The Morgan fingerprint density at radius 3 is 2.30 bits per heavy atom. The van der Waals surface area contributed by atoms with Crippen molar-refractivity contribution in [1.82, 2.24) is 0 Å². The smallest absolute Gasteiger partial charge is 0.415 e. The summed E-state index contributed by atoms with van der Waals surface area (Å²) >= 11 is 0. The Bertz CT molecular complexity index is 527. The SMILES string of the molecule is COC(=O)c1ccccc1NC(=O)C(C)(N)C(F)(F)F. The number of carbonyl (C=O) groups excluding carboxylic acids is 2. The molecule has 8 heteroatoms. The molecule has 1 atom stereocenters. The number of nitrogens with one attached hydrogen (secondary N) is 1. The average Bonchev–Trinajstić information content (AvgIpc) is 2.37. The van der Waals surface area contributed by atoms with Crippen molar-refractivity contribution in [1.29, 1.82) is 0 Å². The highest BCUT2D eigenvalue weighted by atomic mass is 19.4. The summed E-state index contributed by atoms with van der Waals surface area (Å²) in [4.78, 5) is 23.1. The molecule has 0 aliphatic rings. The van der Waals surface area contributed by atoms with Crippen LogP contribution in [0.15, 0.2) is 24.3 Å². The average molecular weight is 290 g/mol. The predicted octanol–water partition coefficient (Wildman–Crippen LogP) is 1.69. The zero-order valence-electron chi connectivity index (χ0n) is 10.7. The molecule has 3 N–H and O–H groups in total. The van der Waals surface area contributed by atoms with Crippen LogP contribution in [0.1, 0.15) is 17.3 Å². The van der Waals surface area contributed by atoms with Crippen LogP contribution in [0.25, 0.3) is 0 Å². The van der Waals surface area contributed by atoms with E-state index in [1.165, 1.54) is 24.3 Å². The van der Waals surface area contributed by atoms with Crippen molar-refractivity contribution < 1.29 is 27.5 Å². The third-order valence-electron chi connectivity index (χ3n) is 2.64. The fraction of sp³-hybridized carbons (Fsp3) is 0.333. The van der Waals surface area contributed by atoms with Gasteiger partial charge in [0.15, 0.2) is 5.54 Å². The zero-order valence-corrected chi connectivity index (χ0v) is 10.7. The number of rotatable bonds is 3. The van der Waals surface area contributed by atoms with E-state index in [1.54, 1.807) is 0 Å². The maximum absolute atomic E-state index is 12.6. The first kappa shape index (κ1) is 16.0. The number of alkyl halides is 3. The quantitative estimate of drug-likeness (QED) is 0.830. The predicted molar refractivity (Wildman–Crippen MR) is 65.1 cm³/mol. The summed E-state index contributed by atoms with van der Waals surface area (Å²) in [6.45, 7) is 0.545. The van der Waals surface area contributed by atoms with E-state index in [0.717, 1.165) is 7.11 Å². The normalized spacial score (nSPS) is 14.3. The molecule has 0 bridgehead atoms. The number of anilines is 1. The molecule has 1 aromatic carbocycles. The summed E-state index contributed by atoms with van der Waals surface area (Å²) in [5.74, 6) is -2.26. The van der Waals surface area contributed by atoms with Crippen LogP contribution in [0.2, 0.25) is 0 Å².